The number of carboxylic acid groups (broad SMARTS) is 1. The van der Waals surface area contributed by atoms with Crippen LogP contribution in [0.1, 0.15) is 245 Å². The molecule has 2 aliphatic rings. The summed E-state index contributed by atoms with van der Waals surface area (Å²) in [7, 11) is 0. The molecule has 0 aromatic heterocycles. The van der Waals surface area contributed by atoms with Crippen LogP contribution >= 0.6 is 0 Å². The largest absolute Gasteiger partial charge is 0.477 e. The van der Waals surface area contributed by atoms with Gasteiger partial charge in [0.25, 0.3) is 5.79 Å². The van der Waals surface area contributed by atoms with Crippen LogP contribution in [0.15, 0.2) is 12.2 Å². The maximum atomic E-state index is 13.4. The van der Waals surface area contributed by atoms with E-state index in [1.54, 1.807) is 6.08 Å². The zero-order valence-electron chi connectivity index (χ0n) is 47.8. The zero-order valence-corrected chi connectivity index (χ0v) is 47.8. The van der Waals surface area contributed by atoms with Crippen LogP contribution in [-0.4, -0.2) is 163 Å². The number of carboxylic acids is 1. The van der Waals surface area contributed by atoms with E-state index in [1.165, 1.54) is 161 Å². The van der Waals surface area contributed by atoms with Crippen molar-refractivity contribution in [1.82, 2.24) is 10.6 Å². The number of aliphatic hydroxyl groups excluding tert-OH is 8. The number of allylic oxidation sites excluding steroid dienone is 1. The van der Waals surface area contributed by atoms with E-state index in [0.717, 1.165) is 45.4 Å². The summed E-state index contributed by atoms with van der Waals surface area (Å²) in [6.45, 7) is 3.26. The molecule has 13 atom stereocenters. The van der Waals surface area contributed by atoms with E-state index in [1.807, 2.05) is 6.08 Å². The summed E-state index contributed by atoms with van der Waals surface area (Å²) < 4.78 is 23.2. The molecule has 452 valence electrons. The zero-order chi connectivity index (χ0) is 56.7. The van der Waals surface area contributed by atoms with E-state index in [9.17, 15) is 60.3 Å². The Morgan fingerprint density at radius 2 is 1.12 bits per heavy atom. The van der Waals surface area contributed by atoms with Crippen LogP contribution in [0.25, 0.3) is 0 Å². The number of hydrogen-bond acceptors (Lipinski definition) is 15. The SMILES string of the molecule is CCCCCCCCCCCCC/C=C/[C@@H](O)[C@H](CO[C@@H]1OC(CO)[C@H](O)[C@H](O[C@]2(C(=O)O)CC(O)[C@@H](NC(C)=O)C([C@H](O)[C@H](O)CO)O2)C1O)NC(=O)CCCCCCCCCCCCCCCCCCCCCCC. The molecule has 2 amide bonds. The summed E-state index contributed by atoms with van der Waals surface area (Å²) in [4.78, 5) is 38.4. The summed E-state index contributed by atoms with van der Waals surface area (Å²) in [6, 6.07) is -2.55. The van der Waals surface area contributed by atoms with Crippen LogP contribution in [0.3, 0.4) is 0 Å². The summed E-state index contributed by atoms with van der Waals surface area (Å²) in [5.41, 5.74) is 0. The second-order valence-electron chi connectivity index (χ2n) is 22.2. The lowest BCUT2D eigenvalue weighted by Gasteiger charge is -2.50. The van der Waals surface area contributed by atoms with Crippen LogP contribution in [-0.2, 0) is 33.3 Å². The number of carbonyl (C=O) groups excluding carboxylic acids is 2. The van der Waals surface area contributed by atoms with E-state index >= 15 is 0 Å². The van der Waals surface area contributed by atoms with Crippen molar-refractivity contribution in [1.29, 1.82) is 0 Å². The number of hydrogen-bond donors (Lipinski definition) is 11. The van der Waals surface area contributed by atoms with Crippen molar-refractivity contribution < 1.29 is 79.3 Å². The van der Waals surface area contributed by atoms with Crippen molar-refractivity contribution >= 4 is 17.8 Å². The molecule has 77 heavy (non-hydrogen) atoms. The second kappa shape index (κ2) is 43.4. The second-order valence-corrected chi connectivity index (χ2v) is 22.2. The van der Waals surface area contributed by atoms with E-state index < -0.39 is 117 Å². The Hall–Kier alpha value is -2.33. The Morgan fingerprint density at radius 1 is 0.662 bits per heavy atom. The minimum absolute atomic E-state index is 0.207. The van der Waals surface area contributed by atoms with Crippen LogP contribution < -0.4 is 10.6 Å². The van der Waals surface area contributed by atoms with Crippen molar-refractivity contribution in [3.63, 3.8) is 0 Å². The van der Waals surface area contributed by atoms with Gasteiger partial charge < -0.3 is 75.5 Å². The molecule has 2 heterocycles. The number of amides is 2. The van der Waals surface area contributed by atoms with Gasteiger partial charge in [0.1, 0.15) is 42.7 Å². The first-order valence-electron chi connectivity index (χ1n) is 30.5. The lowest BCUT2D eigenvalue weighted by molar-refractivity contribution is -0.370. The maximum Gasteiger partial charge on any atom is 0.364 e. The topological polar surface area (TPSA) is 294 Å². The number of carbonyl (C=O) groups is 3. The van der Waals surface area contributed by atoms with Crippen LogP contribution in [0.2, 0.25) is 0 Å². The third kappa shape index (κ3) is 29.3. The first-order valence-corrected chi connectivity index (χ1v) is 30.5. The third-order valence-electron chi connectivity index (χ3n) is 15.3. The molecular weight excluding hydrogens is 993 g/mol. The number of unbranched alkanes of at least 4 members (excludes halogenated alkanes) is 31. The minimum atomic E-state index is -2.96. The number of aliphatic carboxylic acids is 1. The standard InChI is InChI=1S/C59H110N2O16/c1-4-6-8-10-12-14-16-18-19-20-21-22-23-24-25-27-29-31-33-35-37-39-50(68)61-45(46(65)38-36-34-32-30-28-26-17-15-13-11-9-7-5-2)43-74-57-54(71)56(53(70)49(42-63)75-57)77-59(58(72)73)40-47(66)51(60-44(3)64)55(76-59)52(69)48(67)41-62/h36,38,45-49,51-57,62-63,65-67,69-71H,4-35,37,39-43H2,1-3H3,(H,60,64)(H,61,68)(H,72,73)/b38-36+/t45-,46+,47?,48+,49?,51+,52+,53-,54?,55?,56-,57+,59-/m0/s1. The van der Waals surface area contributed by atoms with Gasteiger partial charge >= 0.3 is 5.97 Å². The fourth-order valence-electron chi connectivity index (χ4n) is 10.5. The Labute approximate surface area is 462 Å². The summed E-state index contributed by atoms with van der Waals surface area (Å²) in [6.07, 6.45) is 24.8. The molecule has 18 heteroatoms. The Balaban J connectivity index is 1.99. The molecule has 2 aliphatic heterocycles. The molecule has 0 spiro atoms. The minimum Gasteiger partial charge on any atom is -0.477 e. The van der Waals surface area contributed by atoms with Gasteiger partial charge in [-0.3, -0.25) is 9.59 Å². The lowest BCUT2D eigenvalue weighted by Crippen LogP contribution is -2.70. The smallest absolute Gasteiger partial charge is 0.364 e. The van der Waals surface area contributed by atoms with E-state index in [0.29, 0.717) is 12.8 Å². The van der Waals surface area contributed by atoms with Crippen molar-refractivity contribution in [2.24, 2.45) is 0 Å². The molecule has 0 saturated carbocycles. The number of nitrogens with one attached hydrogen (secondary N) is 2. The monoisotopic (exact) mass is 1100 g/mol. The third-order valence-corrected chi connectivity index (χ3v) is 15.3. The molecule has 11 N–H and O–H groups in total. The fourth-order valence-corrected chi connectivity index (χ4v) is 10.5. The highest BCUT2D eigenvalue weighted by Gasteiger charge is 2.59. The first-order chi connectivity index (χ1) is 37.2. The molecule has 2 saturated heterocycles. The molecule has 0 radical (unpaired) electrons. The van der Waals surface area contributed by atoms with E-state index in [4.69, 9.17) is 18.9 Å². The van der Waals surface area contributed by atoms with Crippen molar-refractivity contribution in [2.75, 3.05) is 19.8 Å². The predicted molar refractivity (Wildman–Crippen MR) is 297 cm³/mol. The van der Waals surface area contributed by atoms with E-state index in [2.05, 4.69) is 24.5 Å². The quantitative estimate of drug-likeness (QED) is 0.0206. The Bertz CT molecular complexity index is 1530. The molecule has 2 rings (SSSR count). The molecular formula is C59H110N2O16. The molecule has 0 aromatic carbocycles. The maximum absolute atomic E-state index is 13.4. The fraction of sp³-hybridized carbons (Fsp3) is 0.915. The highest BCUT2D eigenvalue weighted by molar-refractivity contribution is 5.77. The molecule has 0 aromatic rings. The molecule has 4 unspecified atom stereocenters. The molecule has 0 aliphatic carbocycles. The Morgan fingerprint density at radius 3 is 1.55 bits per heavy atom. The summed E-state index contributed by atoms with van der Waals surface area (Å²) in [5.74, 6) is -5.87. The number of rotatable bonds is 48. The van der Waals surface area contributed by atoms with Gasteiger partial charge in [0.2, 0.25) is 11.8 Å². The van der Waals surface area contributed by atoms with Gasteiger partial charge in [-0.1, -0.05) is 219 Å². The highest BCUT2D eigenvalue weighted by atomic mass is 16.8. The van der Waals surface area contributed by atoms with Gasteiger partial charge in [0.05, 0.1) is 44.1 Å². The summed E-state index contributed by atoms with van der Waals surface area (Å²) in [5, 5.41) is 102. The van der Waals surface area contributed by atoms with Crippen LogP contribution in [0.4, 0.5) is 0 Å². The van der Waals surface area contributed by atoms with Gasteiger partial charge in [-0.15, -0.1) is 0 Å². The average molecular weight is 1100 g/mol. The van der Waals surface area contributed by atoms with Crippen LogP contribution in [0, 0.1) is 0 Å². The molecule has 18 nitrogen and oxygen atoms in total. The first kappa shape index (κ1) is 70.8. The number of ether oxygens (including phenoxy) is 4. The van der Waals surface area contributed by atoms with Gasteiger partial charge in [-0.2, -0.15) is 0 Å². The molecule has 2 fully saturated rings. The summed E-state index contributed by atoms with van der Waals surface area (Å²) >= 11 is 0. The Kier molecular flexibility index (Phi) is 39.9. The highest BCUT2D eigenvalue weighted by Crippen LogP contribution is 2.37. The van der Waals surface area contributed by atoms with Gasteiger partial charge in [0, 0.05) is 19.8 Å². The van der Waals surface area contributed by atoms with Gasteiger partial charge in [-0.25, -0.2) is 4.79 Å². The van der Waals surface area contributed by atoms with Gasteiger partial charge in [-0.05, 0) is 19.3 Å². The lowest BCUT2D eigenvalue weighted by atomic mass is 9.88. The van der Waals surface area contributed by atoms with Crippen molar-refractivity contribution in [2.45, 2.75) is 325 Å². The predicted octanol–water partition coefficient (Wildman–Crippen LogP) is 7.68. The normalized spacial score (nSPS) is 25.4. The number of aliphatic hydroxyl groups is 8. The van der Waals surface area contributed by atoms with Crippen molar-refractivity contribution in [3.05, 3.63) is 12.2 Å². The average Bonchev–Trinajstić information content (AvgIpc) is 3.40. The van der Waals surface area contributed by atoms with E-state index in [-0.39, 0.29) is 12.3 Å². The van der Waals surface area contributed by atoms with Crippen molar-refractivity contribution in [3.8, 4) is 0 Å². The molecule has 0 bridgehead atoms. The van der Waals surface area contributed by atoms with Crippen LogP contribution in [0.5, 0.6) is 0 Å². The van der Waals surface area contributed by atoms with Gasteiger partial charge in [0.15, 0.2) is 6.29 Å².